The molecule has 1 aromatic rings. The fraction of sp³-hybridized carbons (Fsp3) is 0.500. The Balaban J connectivity index is 2.40. The molecular weight excluding hydrogens is 276 g/mol. The summed E-state index contributed by atoms with van der Waals surface area (Å²) < 4.78 is 1.09. The van der Waals surface area contributed by atoms with Crippen LogP contribution in [0.3, 0.4) is 0 Å². The van der Waals surface area contributed by atoms with E-state index in [-0.39, 0.29) is 11.9 Å². The standard InChI is InChI=1S/C10H15BrN2OS/c1-7(10(14)13(2)3)12-5-9-4-8(11)6-15-9/h4,6-7,12H,5H2,1-3H3. The van der Waals surface area contributed by atoms with E-state index >= 15 is 0 Å². The van der Waals surface area contributed by atoms with E-state index in [9.17, 15) is 4.79 Å². The van der Waals surface area contributed by atoms with Crippen molar-refractivity contribution < 1.29 is 4.79 Å². The molecule has 1 aromatic heterocycles. The van der Waals surface area contributed by atoms with Crippen LogP contribution in [0.1, 0.15) is 11.8 Å². The summed E-state index contributed by atoms with van der Waals surface area (Å²) >= 11 is 5.08. The Kier molecular flexibility index (Phi) is 4.76. The van der Waals surface area contributed by atoms with Crippen LogP contribution in [0.5, 0.6) is 0 Å². The van der Waals surface area contributed by atoms with E-state index < -0.39 is 0 Å². The number of nitrogens with zero attached hydrogens (tertiary/aromatic N) is 1. The molecule has 0 aliphatic rings. The maximum Gasteiger partial charge on any atom is 0.238 e. The molecule has 3 nitrogen and oxygen atoms in total. The molecule has 0 spiro atoms. The predicted octanol–water partition coefficient (Wildman–Crippen LogP) is 2.08. The lowest BCUT2D eigenvalue weighted by molar-refractivity contribution is -0.130. The van der Waals surface area contributed by atoms with Crippen LogP contribution < -0.4 is 5.32 Å². The number of amides is 1. The third kappa shape index (κ3) is 3.93. The molecule has 0 saturated carbocycles. The predicted molar refractivity (Wildman–Crippen MR) is 67.0 cm³/mol. The van der Waals surface area contributed by atoms with Gasteiger partial charge >= 0.3 is 0 Å². The zero-order valence-corrected chi connectivity index (χ0v) is 11.5. The molecule has 1 N–H and O–H groups in total. The molecule has 0 radical (unpaired) electrons. The van der Waals surface area contributed by atoms with E-state index in [1.165, 1.54) is 4.88 Å². The molecular formula is C10H15BrN2OS. The monoisotopic (exact) mass is 290 g/mol. The van der Waals surface area contributed by atoms with Crippen molar-refractivity contribution >= 4 is 33.2 Å². The summed E-state index contributed by atoms with van der Waals surface area (Å²) in [5.74, 6) is 0.102. The van der Waals surface area contributed by atoms with Crippen LogP contribution in [0.2, 0.25) is 0 Å². The lowest BCUT2D eigenvalue weighted by Crippen LogP contribution is -2.40. The molecule has 0 aliphatic heterocycles. The Morgan fingerprint density at radius 3 is 2.80 bits per heavy atom. The van der Waals surface area contributed by atoms with Crippen molar-refractivity contribution in [3.05, 3.63) is 20.8 Å². The SMILES string of the molecule is CC(NCc1cc(Br)cs1)C(=O)N(C)C. The molecule has 84 valence electrons. The van der Waals surface area contributed by atoms with Gasteiger partial charge in [-0.05, 0) is 28.9 Å². The Bertz CT molecular complexity index is 338. The van der Waals surface area contributed by atoms with Crippen LogP contribution in [-0.4, -0.2) is 30.9 Å². The topological polar surface area (TPSA) is 32.3 Å². The normalized spacial score (nSPS) is 12.5. The van der Waals surface area contributed by atoms with E-state index in [4.69, 9.17) is 0 Å². The van der Waals surface area contributed by atoms with Crippen LogP contribution in [0.25, 0.3) is 0 Å². The second-order valence-corrected chi connectivity index (χ2v) is 5.48. The summed E-state index contributed by atoms with van der Waals surface area (Å²) in [5, 5.41) is 5.23. The molecule has 15 heavy (non-hydrogen) atoms. The third-order valence-electron chi connectivity index (χ3n) is 2.02. The average molecular weight is 291 g/mol. The van der Waals surface area contributed by atoms with Gasteiger partial charge in [0.2, 0.25) is 5.91 Å². The van der Waals surface area contributed by atoms with Crippen molar-refractivity contribution in [1.82, 2.24) is 10.2 Å². The minimum Gasteiger partial charge on any atom is -0.347 e. The van der Waals surface area contributed by atoms with Gasteiger partial charge in [-0.1, -0.05) is 0 Å². The summed E-state index contributed by atoms with van der Waals surface area (Å²) in [6, 6.07) is 1.92. The molecule has 1 unspecified atom stereocenters. The molecule has 0 aromatic carbocycles. The van der Waals surface area contributed by atoms with Gasteiger partial charge in [-0.15, -0.1) is 11.3 Å². The molecule has 1 heterocycles. The minimum atomic E-state index is -0.138. The summed E-state index contributed by atoms with van der Waals surface area (Å²) in [6.07, 6.45) is 0. The van der Waals surface area contributed by atoms with Crippen molar-refractivity contribution in [2.24, 2.45) is 0 Å². The van der Waals surface area contributed by atoms with Gasteiger partial charge < -0.3 is 10.2 Å². The highest BCUT2D eigenvalue weighted by molar-refractivity contribution is 9.10. The molecule has 1 rings (SSSR count). The highest BCUT2D eigenvalue weighted by atomic mass is 79.9. The fourth-order valence-corrected chi connectivity index (χ4v) is 2.58. The van der Waals surface area contributed by atoms with E-state index in [0.29, 0.717) is 0 Å². The van der Waals surface area contributed by atoms with Gasteiger partial charge in [0.1, 0.15) is 0 Å². The Labute approximate surface area is 103 Å². The van der Waals surface area contributed by atoms with Crippen LogP contribution in [-0.2, 0) is 11.3 Å². The van der Waals surface area contributed by atoms with Gasteiger partial charge in [0.25, 0.3) is 0 Å². The summed E-state index contributed by atoms with van der Waals surface area (Å²) in [7, 11) is 3.53. The third-order valence-corrected chi connectivity index (χ3v) is 3.71. The average Bonchev–Trinajstić information content (AvgIpc) is 2.59. The number of likely N-dealkylation sites (N-methyl/N-ethyl adjacent to an activating group) is 1. The number of carbonyl (C=O) groups is 1. The van der Waals surface area contributed by atoms with Crippen molar-refractivity contribution in [3.8, 4) is 0 Å². The smallest absolute Gasteiger partial charge is 0.238 e. The van der Waals surface area contributed by atoms with E-state index in [1.807, 2.05) is 12.3 Å². The van der Waals surface area contributed by atoms with Crippen molar-refractivity contribution in [2.45, 2.75) is 19.5 Å². The van der Waals surface area contributed by atoms with Gasteiger partial charge in [-0.3, -0.25) is 4.79 Å². The van der Waals surface area contributed by atoms with Crippen LogP contribution in [0.15, 0.2) is 15.9 Å². The minimum absolute atomic E-state index is 0.102. The first-order valence-electron chi connectivity index (χ1n) is 4.68. The van der Waals surface area contributed by atoms with Crippen molar-refractivity contribution in [1.29, 1.82) is 0 Å². The van der Waals surface area contributed by atoms with Crippen molar-refractivity contribution in [2.75, 3.05) is 14.1 Å². The number of nitrogens with one attached hydrogen (secondary N) is 1. The molecule has 5 heteroatoms. The van der Waals surface area contributed by atoms with Gasteiger partial charge in [0.05, 0.1) is 6.04 Å². The van der Waals surface area contributed by atoms with Crippen LogP contribution in [0, 0.1) is 0 Å². The quantitative estimate of drug-likeness (QED) is 0.921. The molecule has 0 bridgehead atoms. The Morgan fingerprint density at radius 1 is 1.67 bits per heavy atom. The number of hydrogen-bond donors (Lipinski definition) is 1. The highest BCUT2D eigenvalue weighted by Crippen LogP contribution is 2.19. The zero-order chi connectivity index (χ0) is 11.4. The van der Waals surface area contributed by atoms with E-state index in [1.54, 1.807) is 30.3 Å². The number of hydrogen-bond acceptors (Lipinski definition) is 3. The second-order valence-electron chi connectivity index (χ2n) is 3.57. The first-order chi connectivity index (χ1) is 7.00. The highest BCUT2D eigenvalue weighted by Gasteiger charge is 2.13. The maximum absolute atomic E-state index is 11.5. The molecule has 1 amide bonds. The molecule has 0 aliphatic carbocycles. The number of rotatable bonds is 4. The summed E-state index contributed by atoms with van der Waals surface area (Å²) in [6.45, 7) is 2.61. The lowest BCUT2D eigenvalue weighted by atomic mass is 10.3. The van der Waals surface area contributed by atoms with Crippen LogP contribution in [0.4, 0.5) is 0 Å². The number of halogens is 1. The Morgan fingerprint density at radius 2 is 2.33 bits per heavy atom. The molecule has 0 fully saturated rings. The first-order valence-corrected chi connectivity index (χ1v) is 6.35. The van der Waals surface area contributed by atoms with Gasteiger partial charge in [0.15, 0.2) is 0 Å². The van der Waals surface area contributed by atoms with E-state index in [0.717, 1.165) is 11.0 Å². The maximum atomic E-state index is 11.5. The molecule has 1 atom stereocenters. The van der Waals surface area contributed by atoms with Crippen LogP contribution >= 0.6 is 27.3 Å². The number of carbonyl (C=O) groups excluding carboxylic acids is 1. The lowest BCUT2D eigenvalue weighted by Gasteiger charge is -2.17. The second kappa shape index (κ2) is 5.63. The van der Waals surface area contributed by atoms with Gasteiger partial charge in [-0.25, -0.2) is 0 Å². The molecule has 0 saturated heterocycles. The van der Waals surface area contributed by atoms with Gasteiger partial charge in [-0.2, -0.15) is 0 Å². The first kappa shape index (κ1) is 12.7. The van der Waals surface area contributed by atoms with E-state index in [2.05, 4.69) is 27.3 Å². The Hall–Kier alpha value is -0.390. The van der Waals surface area contributed by atoms with Gasteiger partial charge in [0, 0.05) is 35.4 Å². The largest absolute Gasteiger partial charge is 0.347 e. The fourth-order valence-electron chi connectivity index (χ4n) is 1.17. The summed E-state index contributed by atoms with van der Waals surface area (Å²) in [5.41, 5.74) is 0. The summed E-state index contributed by atoms with van der Waals surface area (Å²) in [4.78, 5) is 14.3. The number of thiophene rings is 1. The van der Waals surface area contributed by atoms with Crippen molar-refractivity contribution in [3.63, 3.8) is 0 Å². The zero-order valence-electron chi connectivity index (χ0n) is 9.08.